The van der Waals surface area contributed by atoms with Crippen molar-refractivity contribution in [2.24, 2.45) is 5.73 Å². The lowest BCUT2D eigenvalue weighted by Crippen LogP contribution is -2.29. The maximum Gasteiger partial charge on any atom is 0.234 e. The number of rotatable bonds is 3. The Balaban J connectivity index is 2.03. The lowest BCUT2D eigenvalue weighted by Gasteiger charge is -2.18. The molecular weight excluding hydrogens is 208 g/mol. The summed E-state index contributed by atoms with van der Waals surface area (Å²) >= 11 is 0. The van der Waals surface area contributed by atoms with Crippen LogP contribution in [0.4, 0.5) is 0 Å². The van der Waals surface area contributed by atoms with Crippen molar-refractivity contribution in [2.45, 2.75) is 6.54 Å². The van der Waals surface area contributed by atoms with E-state index in [1.807, 2.05) is 18.2 Å². The number of ether oxygens (including phenoxy) is 2. The molecular formula is C11H14N2O3. The summed E-state index contributed by atoms with van der Waals surface area (Å²) in [6.07, 6.45) is 0. The van der Waals surface area contributed by atoms with Gasteiger partial charge in [-0.15, -0.1) is 0 Å². The summed E-state index contributed by atoms with van der Waals surface area (Å²) in [6.45, 7) is 1.60. The van der Waals surface area contributed by atoms with E-state index in [4.69, 9.17) is 15.2 Å². The van der Waals surface area contributed by atoms with E-state index >= 15 is 0 Å². The maximum atomic E-state index is 11.0. The zero-order valence-electron chi connectivity index (χ0n) is 8.86. The number of hydrogen-bond acceptors (Lipinski definition) is 4. The fourth-order valence-corrected chi connectivity index (χ4v) is 1.47. The number of carbonyl (C=O) groups is 1. The summed E-state index contributed by atoms with van der Waals surface area (Å²) in [7, 11) is 0. The molecule has 1 heterocycles. The second-order valence-corrected chi connectivity index (χ2v) is 3.46. The van der Waals surface area contributed by atoms with E-state index in [1.165, 1.54) is 0 Å². The zero-order valence-corrected chi connectivity index (χ0v) is 8.86. The first kappa shape index (κ1) is 10.8. The summed E-state index contributed by atoms with van der Waals surface area (Å²) in [5.41, 5.74) is 6.15. The highest BCUT2D eigenvalue weighted by atomic mass is 16.6. The Labute approximate surface area is 93.5 Å². The van der Waals surface area contributed by atoms with Crippen LogP contribution in [-0.4, -0.2) is 25.7 Å². The van der Waals surface area contributed by atoms with Crippen molar-refractivity contribution in [2.75, 3.05) is 19.8 Å². The average molecular weight is 222 g/mol. The largest absolute Gasteiger partial charge is 0.486 e. The summed E-state index contributed by atoms with van der Waals surface area (Å²) in [4.78, 5) is 11.0. The van der Waals surface area contributed by atoms with Gasteiger partial charge in [-0.2, -0.15) is 0 Å². The Bertz CT molecular complexity index is 393. The minimum Gasteiger partial charge on any atom is -0.486 e. The molecule has 86 valence electrons. The molecule has 0 unspecified atom stereocenters. The van der Waals surface area contributed by atoms with Gasteiger partial charge in [0.2, 0.25) is 5.91 Å². The third kappa shape index (κ3) is 2.43. The standard InChI is InChI=1S/C11H14N2O3/c12-6-11(14)13-7-8-1-2-9-10(5-8)16-4-3-15-9/h1-2,5H,3-4,6-7,12H2,(H,13,14). The van der Waals surface area contributed by atoms with E-state index in [9.17, 15) is 4.79 Å². The highest BCUT2D eigenvalue weighted by Crippen LogP contribution is 2.30. The highest BCUT2D eigenvalue weighted by molar-refractivity contribution is 5.77. The molecule has 5 nitrogen and oxygen atoms in total. The molecule has 16 heavy (non-hydrogen) atoms. The molecule has 2 rings (SSSR count). The third-order valence-corrected chi connectivity index (χ3v) is 2.28. The normalized spacial score (nSPS) is 13.3. The minimum atomic E-state index is -0.171. The van der Waals surface area contributed by atoms with Gasteiger partial charge in [0.25, 0.3) is 0 Å². The molecule has 0 fully saturated rings. The number of hydrogen-bond donors (Lipinski definition) is 2. The van der Waals surface area contributed by atoms with Gasteiger partial charge >= 0.3 is 0 Å². The first-order valence-electron chi connectivity index (χ1n) is 5.15. The second kappa shape index (κ2) is 4.85. The first-order valence-corrected chi connectivity index (χ1v) is 5.15. The van der Waals surface area contributed by atoms with Crippen LogP contribution < -0.4 is 20.5 Å². The van der Waals surface area contributed by atoms with Crippen LogP contribution in [0.5, 0.6) is 11.5 Å². The summed E-state index contributed by atoms with van der Waals surface area (Å²) in [5.74, 6) is 1.31. The molecule has 3 N–H and O–H groups in total. The molecule has 0 saturated heterocycles. The van der Waals surface area contributed by atoms with Crippen LogP contribution in [0.15, 0.2) is 18.2 Å². The van der Waals surface area contributed by atoms with Crippen molar-refractivity contribution in [1.82, 2.24) is 5.32 Å². The van der Waals surface area contributed by atoms with Crippen LogP contribution in [0.3, 0.4) is 0 Å². The van der Waals surface area contributed by atoms with Crippen molar-refractivity contribution in [3.8, 4) is 11.5 Å². The van der Waals surface area contributed by atoms with Crippen molar-refractivity contribution in [3.63, 3.8) is 0 Å². The molecule has 1 aliphatic rings. The van der Waals surface area contributed by atoms with Crippen LogP contribution in [0.2, 0.25) is 0 Å². The first-order chi connectivity index (χ1) is 7.79. The number of benzene rings is 1. The number of amides is 1. The third-order valence-electron chi connectivity index (χ3n) is 2.28. The summed E-state index contributed by atoms with van der Waals surface area (Å²) in [6, 6.07) is 5.61. The van der Waals surface area contributed by atoms with Gasteiger partial charge in [-0.05, 0) is 17.7 Å². The fourth-order valence-electron chi connectivity index (χ4n) is 1.47. The van der Waals surface area contributed by atoms with E-state index in [0.717, 1.165) is 17.1 Å². The average Bonchev–Trinajstić information content (AvgIpc) is 2.35. The predicted octanol–water partition coefficient (Wildman–Crippen LogP) is 0.0327. The molecule has 1 aliphatic heterocycles. The Morgan fingerprint density at radius 3 is 2.81 bits per heavy atom. The molecule has 5 heteroatoms. The van der Waals surface area contributed by atoms with Gasteiger partial charge in [0, 0.05) is 6.54 Å². The predicted molar refractivity (Wildman–Crippen MR) is 58.3 cm³/mol. The summed E-state index contributed by atoms with van der Waals surface area (Å²) in [5, 5.41) is 2.70. The van der Waals surface area contributed by atoms with E-state index < -0.39 is 0 Å². The molecule has 1 amide bonds. The number of nitrogens with two attached hydrogens (primary N) is 1. The number of nitrogens with one attached hydrogen (secondary N) is 1. The number of carbonyl (C=O) groups excluding carboxylic acids is 1. The highest BCUT2D eigenvalue weighted by Gasteiger charge is 2.11. The van der Waals surface area contributed by atoms with Crippen LogP contribution in [0.25, 0.3) is 0 Å². The van der Waals surface area contributed by atoms with E-state index in [0.29, 0.717) is 19.8 Å². The molecule has 0 radical (unpaired) electrons. The van der Waals surface area contributed by atoms with E-state index in [-0.39, 0.29) is 12.5 Å². The monoisotopic (exact) mass is 222 g/mol. The van der Waals surface area contributed by atoms with Crippen molar-refractivity contribution in [1.29, 1.82) is 0 Å². The quantitative estimate of drug-likeness (QED) is 0.757. The smallest absolute Gasteiger partial charge is 0.234 e. The van der Waals surface area contributed by atoms with Crippen LogP contribution in [-0.2, 0) is 11.3 Å². The molecule has 0 bridgehead atoms. The Hall–Kier alpha value is -1.75. The van der Waals surface area contributed by atoms with Crippen LogP contribution in [0.1, 0.15) is 5.56 Å². The molecule has 1 aromatic carbocycles. The van der Waals surface area contributed by atoms with Gasteiger partial charge in [0.1, 0.15) is 13.2 Å². The molecule has 0 saturated carbocycles. The van der Waals surface area contributed by atoms with Gasteiger partial charge in [-0.3, -0.25) is 4.79 Å². The van der Waals surface area contributed by atoms with Gasteiger partial charge < -0.3 is 20.5 Å². The lowest BCUT2D eigenvalue weighted by atomic mass is 10.2. The van der Waals surface area contributed by atoms with Gasteiger partial charge in [-0.1, -0.05) is 6.07 Å². The van der Waals surface area contributed by atoms with E-state index in [1.54, 1.807) is 0 Å². The summed E-state index contributed by atoms with van der Waals surface area (Å²) < 4.78 is 10.8. The van der Waals surface area contributed by atoms with Crippen molar-refractivity contribution in [3.05, 3.63) is 23.8 Å². The van der Waals surface area contributed by atoms with Crippen molar-refractivity contribution < 1.29 is 14.3 Å². The van der Waals surface area contributed by atoms with Gasteiger partial charge in [0.05, 0.1) is 6.54 Å². The molecule has 0 aromatic heterocycles. The van der Waals surface area contributed by atoms with Crippen molar-refractivity contribution >= 4 is 5.91 Å². The lowest BCUT2D eigenvalue weighted by molar-refractivity contribution is -0.119. The zero-order chi connectivity index (χ0) is 11.4. The van der Waals surface area contributed by atoms with Gasteiger partial charge in [0.15, 0.2) is 11.5 Å². The van der Waals surface area contributed by atoms with Crippen LogP contribution in [0, 0.1) is 0 Å². The Morgan fingerprint density at radius 1 is 1.31 bits per heavy atom. The minimum absolute atomic E-state index is 0.00452. The Morgan fingerprint density at radius 2 is 2.06 bits per heavy atom. The molecule has 0 aliphatic carbocycles. The Kier molecular flexibility index (Phi) is 3.26. The molecule has 0 spiro atoms. The molecule has 1 aromatic rings. The van der Waals surface area contributed by atoms with Crippen LogP contribution >= 0.6 is 0 Å². The number of fused-ring (bicyclic) bond motifs is 1. The topological polar surface area (TPSA) is 73.6 Å². The second-order valence-electron chi connectivity index (χ2n) is 3.46. The SMILES string of the molecule is NCC(=O)NCc1ccc2c(c1)OCCO2. The van der Waals surface area contributed by atoms with Gasteiger partial charge in [-0.25, -0.2) is 0 Å². The fraction of sp³-hybridized carbons (Fsp3) is 0.364. The molecule has 0 atom stereocenters. The van der Waals surface area contributed by atoms with E-state index in [2.05, 4.69) is 5.32 Å². The maximum absolute atomic E-state index is 11.0.